The first-order valence-electron chi connectivity index (χ1n) is 8.78. The number of thioether (sulfide) groups is 1. The lowest BCUT2D eigenvalue weighted by molar-refractivity contribution is -0.111. The standard InChI is InChI=1S/C18H30N2S/c1-12(2)14-8-21-15(19-14)20-18-7-13-5-16(3,10-18)9-17(4,6-13)11-18/h12-14H,5-11H2,1-4H3,(H,19,20). The van der Waals surface area contributed by atoms with E-state index in [1.165, 1.54) is 49.4 Å². The molecule has 3 heteroatoms. The van der Waals surface area contributed by atoms with Crippen LogP contribution in [0.15, 0.2) is 4.99 Å². The van der Waals surface area contributed by atoms with Crippen LogP contribution in [0.25, 0.3) is 0 Å². The summed E-state index contributed by atoms with van der Waals surface area (Å²) in [6.07, 6.45) is 8.54. The van der Waals surface area contributed by atoms with Crippen molar-refractivity contribution in [2.45, 2.75) is 77.8 Å². The van der Waals surface area contributed by atoms with Crippen molar-refractivity contribution in [3.8, 4) is 0 Å². The maximum absolute atomic E-state index is 4.98. The first-order valence-corrected chi connectivity index (χ1v) is 9.76. The fourth-order valence-electron chi connectivity index (χ4n) is 6.61. The largest absolute Gasteiger partial charge is 0.359 e. The van der Waals surface area contributed by atoms with Crippen LogP contribution >= 0.6 is 11.8 Å². The quantitative estimate of drug-likeness (QED) is 0.815. The molecule has 1 aliphatic heterocycles. The number of amidine groups is 1. The van der Waals surface area contributed by atoms with Gasteiger partial charge in [0.1, 0.15) is 0 Å². The lowest BCUT2D eigenvalue weighted by Crippen LogP contribution is -2.64. The Kier molecular flexibility index (Phi) is 3.04. The third-order valence-corrected chi connectivity index (χ3v) is 7.43. The summed E-state index contributed by atoms with van der Waals surface area (Å²) < 4.78 is 0. The topological polar surface area (TPSA) is 24.4 Å². The molecule has 2 nitrogen and oxygen atoms in total. The van der Waals surface area contributed by atoms with E-state index in [0.29, 0.717) is 28.3 Å². The predicted molar refractivity (Wildman–Crippen MR) is 91.8 cm³/mol. The highest BCUT2D eigenvalue weighted by molar-refractivity contribution is 8.14. The average Bonchev–Trinajstić information content (AvgIpc) is 2.71. The Balaban J connectivity index is 1.56. The van der Waals surface area contributed by atoms with Crippen LogP contribution in [0.3, 0.4) is 0 Å². The minimum absolute atomic E-state index is 0.362. The van der Waals surface area contributed by atoms with Crippen LogP contribution in [0.1, 0.15) is 66.2 Å². The Labute approximate surface area is 133 Å². The number of hydrogen-bond donors (Lipinski definition) is 1. The highest BCUT2D eigenvalue weighted by atomic mass is 32.2. The second-order valence-corrected chi connectivity index (χ2v) is 10.6. The van der Waals surface area contributed by atoms with E-state index >= 15 is 0 Å². The molecule has 1 heterocycles. The molecule has 0 aromatic carbocycles. The van der Waals surface area contributed by atoms with Gasteiger partial charge in [0.05, 0.1) is 6.04 Å². The summed E-state index contributed by atoms with van der Waals surface area (Å²) in [5.74, 6) is 2.80. The van der Waals surface area contributed by atoms with Gasteiger partial charge in [0, 0.05) is 11.3 Å². The van der Waals surface area contributed by atoms with Gasteiger partial charge in [0.25, 0.3) is 0 Å². The molecule has 3 unspecified atom stereocenters. The van der Waals surface area contributed by atoms with Gasteiger partial charge < -0.3 is 5.32 Å². The van der Waals surface area contributed by atoms with Crippen molar-refractivity contribution in [1.29, 1.82) is 0 Å². The van der Waals surface area contributed by atoms with Crippen LogP contribution in [-0.4, -0.2) is 22.5 Å². The summed E-state index contributed by atoms with van der Waals surface area (Å²) in [5.41, 5.74) is 1.53. The molecule has 5 rings (SSSR count). The van der Waals surface area contributed by atoms with Crippen molar-refractivity contribution < 1.29 is 0 Å². The zero-order valence-electron chi connectivity index (χ0n) is 14.0. The highest BCUT2D eigenvalue weighted by Gasteiger charge is 2.60. The molecule has 1 N–H and O–H groups in total. The van der Waals surface area contributed by atoms with E-state index in [4.69, 9.17) is 4.99 Å². The van der Waals surface area contributed by atoms with Crippen molar-refractivity contribution >= 4 is 16.9 Å². The van der Waals surface area contributed by atoms with Gasteiger partial charge in [-0.1, -0.05) is 39.5 Å². The monoisotopic (exact) mass is 306 g/mol. The van der Waals surface area contributed by atoms with E-state index in [0.717, 1.165) is 5.92 Å². The minimum atomic E-state index is 0.362. The van der Waals surface area contributed by atoms with Gasteiger partial charge in [0.15, 0.2) is 5.17 Å². The molecule has 4 fully saturated rings. The Morgan fingerprint density at radius 2 is 1.76 bits per heavy atom. The number of rotatable bonds is 2. The molecular weight excluding hydrogens is 276 g/mol. The molecule has 21 heavy (non-hydrogen) atoms. The maximum Gasteiger partial charge on any atom is 0.157 e. The van der Waals surface area contributed by atoms with Crippen molar-refractivity contribution in [2.75, 3.05) is 5.75 Å². The fourth-order valence-corrected chi connectivity index (χ4v) is 7.90. The van der Waals surface area contributed by atoms with E-state index in [2.05, 4.69) is 33.0 Å². The minimum Gasteiger partial charge on any atom is -0.359 e. The molecule has 4 bridgehead atoms. The first-order chi connectivity index (χ1) is 9.79. The molecule has 4 aliphatic carbocycles. The molecule has 0 amide bonds. The molecule has 0 saturated heterocycles. The van der Waals surface area contributed by atoms with Gasteiger partial charge in [-0.05, 0) is 61.2 Å². The number of aliphatic imine (C=N–C) groups is 1. The van der Waals surface area contributed by atoms with Crippen LogP contribution in [-0.2, 0) is 0 Å². The molecule has 0 aromatic rings. The van der Waals surface area contributed by atoms with E-state index in [1.807, 2.05) is 11.8 Å². The SMILES string of the molecule is CC(C)C1CSC(NC23CC4CC(C)(CC(C)(C4)C2)C3)=N1. The fraction of sp³-hybridized carbons (Fsp3) is 0.944. The van der Waals surface area contributed by atoms with Gasteiger partial charge in [-0.3, -0.25) is 4.99 Å². The number of nitrogens with one attached hydrogen (secondary N) is 1. The highest BCUT2D eigenvalue weighted by Crippen LogP contribution is 2.66. The van der Waals surface area contributed by atoms with Crippen LogP contribution in [0, 0.1) is 22.7 Å². The summed E-state index contributed by atoms with van der Waals surface area (Å²) in [6, 6.07) is 0.526. The third-order valence-electron chi connectivity index (χ3n) is 6.44. The van der Waals surface area contributed by atoms with Crippen molar-refractivity contribution in [3.63, 3.8) is 0 Å². The molecule has 3 atom stereocenters. The molecular formula is C18H30N2S. The van der Waals surface area contributed by atoms with E-state index in [9.17, 15) is 0 Å². The summed E-state index contributed by atoms with van der Waals surface area (Å²) in [6.45, 7) is 9.69. The average molecular weight is 307 g/mol. The Hall–Kier alpha value is -0.180. The maximum atomic E-state index is 4.98. The zero-order chi connectivity index (χ0) is 14.9. The molecule has 4 saturated carbocycles. The zero-order valence-corrected chi connectivity index (χ0v) is 14.9. The van der Waals surface area contributed by atoms with Crippen LogP contribution in [0.4, 0.5) is 0 Å². The summed E-state index contributed by atoms with van der Waals surface area (Å²) >= 11 is 1.96. The van der Waals surface area contributed by atoms with Gasteiger partial charge in [-0.15, -0.1) is 0 Å². The predicted octanol–water partition coefficient (Wildman–Crippen LogP) is 4.45. The normalized spacial score (nSPS) is 51.6. The first kappa shape index (κ1) is 14.4. The van der Waals surface area contributed by atoms with Gasteiger partial charge in [-0.2, -0.15) is 0 Å². The summed E-state index contributed by atoms with van der Waals surface area (Å²) in [7, 11) is 0. The van der Waals surface area contributed by atoms with Gasteiger partial charge >= 0.3 is 0 Å². The molecule has 0 aromatic heterocycles. The smallest absolute Gasteiger partial charge is 0.157 e. The number of hydrogen-bond acceptors (Lipinski definition) is 3. The Morgan fingerprint density at radius 1 is 1.10 bits per heavy atom. The number of nitrogens with zero attached hydrogens (tertiary/aromatic N) is 1. The summed E-state index contributed by atoms with van der Waals surface area (Å²) in [5, 5.41) is 5.22. The Bertz CT molecular complexity index is 466. The second kappa shape index (κ2) is 4.43. The van der Waals surface area contributed by atoms with E-state index in [-0.39, 0.29) is 0 Å². The lowest BCUT2D eigenvalue weighted by atomic mass is 9.43. The van der Waals surface area contributed by atoms with Crippen LogP contribution < -0.4 is 5.32 Å². The van der Waals surface area contributed by atoms with Crippen molar-refractivity contribution in [3.05, 3.63) is 0 Å². The van der Waals surface area contributed by atoms with Crippen LogP contribution in [0.5, 0.6) is 0 Å². The third kappa shape index (κ3) is 2.44. The van der Waals surface area contributed by atoms with E-state index in [1.54, 1.807) is 0 Å². The van der Waals surface area contributed by atoms with Crippen molar-refractivity contribution in [2.24, 2.45) is 27.7 Å². The second-order valence-electron chi connectivity index (χ2n) is 9.59. The summed E-state index contributed by atoms with van der Waals surface area (Å²) in [4.78, 5) is 4.98. The van der Waals surface area contributed by atoms with Crippen LogP contribution in [0.2, 0.25) is 0 Å². The van der Waals surface area contributed by atoms with Gasteiger partial charge in [0.2, 0.25) is 0 Å². The Morgan fingerprint density at radius 3 is 2.29 bits per heavy atom. The van der Waals surface area contributed by atoms with Gasteiger partial charge in [-0.25, -0.2) is 0 Å². The lowest BCUT2D eigenvalue weighted by Gasteiger charge is -2.65. The molecule has 0 spiro atoms. The molecule has 0 radical (unpaired) electrons. The molecule has 118 valence electrons. The van der Waals surface area contributed by atoms with Crippen molar-refractivity contribution in [1.82, 2.24) is 5.32 Å². The molecule has 5 aliphatic rings. The van der Waals surface area contributed by atoms with E-state index < -0.39 is 0 Å².